The largest absolute Gasteiger partial charge is 0.493 e. The maximum absolute atomic E-state index is 9.71. The van der Waals surface area contributed by atoms with E-state index in [9.17, 15) is 5.48 Å². The fourth-order valence-corrected chi connectivity index (χ4v) is 7.26. The summed E-state index contributed by atoms with van der Waals surface area (Å²) in [4.78, 5) is 7.82. The summed E-state index contributed by atoms with van der Waals surface area (Å²) < 4.78 is 136. The first kappa shape index (κ1) is 23.9. The summed E-state index contributed by atoms with van der Waals surface area (Å²) >= 11 is 0. The van der Waals surface area contributed by atoms with E-state index in [0.29, 0.717) is 28.4 Å². The Bertz CT molecular complexity index is 3620. The SMILES string of the molecule is [2H]c1c([2H])c([2H])c(-c2c([2H])c([2H])c([2H])c(-c3c([2H])c([2H])c([2H])c([2H])c3[2H])c2N2[CH-]N(c3[c-]c(C([2H])([2H])c4[c-]c5c(cc4)c4ccccc4n5-c4cc(C(C)(C)C)ccn4)ccc3)c3ccccc32)c([2H])c1[2H].[Pt]. The zero-order valence-corrected chi connectivity index (χ0v) is 33.7. The van der Waals surface area contributed by atoms with Crippen LogP contribution in [0.4, 0.5) is 22.7 Å². The normalized spacial score (nSPS) is 16.4. The van der Waals surface area contributed by atoms with Crippen molar-refractivity contribution in [3.8, 4) is 28.1 Å². The molecule has 58 heavy (non-hydrogen) atoms. The molecule has 286 valence electrons. The van der Waals surface area contributed by atoms with Gasteiger partial charge in [-0.2, -0.15) is 53.6 Å². The van der Waals surface area contributed by atoms with Crippen molar-refractivity contribution in [3.63, 3.8) is 0 Å². The van der Waals surface area contributed by atoms with E-state index < -0.39 is 107 Å². The molecule has 1 aliphatic heterocycles. The van der Waals surface area contributed by atoms with Gasteiger partial charge in [0.05, 0.1) is 17.8 Å². The van der Waals surface area contributed by atoms with Crippen LogP contribution in [0.25, 0.3) is 49.9 Å². The second-order valence-corrected chi connectivity index (χ2v) is 14.5. The Hall–Kier alpha value is -6.22. The third-order valence-electron chi connectivity index (χ3n) is 9.95. The number of hydrogen-bond acceptors (Lipinski definition) is 3. The summed E-state index contributed by atoms with van der Waals surface area (Å²) in [6, 6.07) is 24.3. The summed E-state index contributed by atoms with van der Waals surface area (Å²) in [7, 11) is 0. The fraction of sp³-hybridized carbons (Fsp3) is 0.0943. The summed E-state index contributed by atoms with van der Waals surface area (Å²) in [6.07, 6.45) is -0.443. The van der Waals surface area contributed by atoms with Gasteiger partial charge in [0.15, 0.2) is 0 Å². The molecule has 5 heteroatoms. The van der Waals surface area contributed by atoms with Gasteiger partial charge in [0.1, 0.15) is 5.82 Å². The minimum atomic E-state index is -2.21. The number of pyridine rings is 1. The molecule has 1 aliphatic rings. The van der Waals surface area contributed by atoms with Gasteiger partial charge in [-0.1, -0.05) is 135 Å². The van der Waals surface area contributed by atoms with Crippen molar-refractivity contribution in [2.45, 2.75) is 32.6 Å². The molecule has 0 unspecified atom stereocenters. The number of anilines is 4. The number of nitrogens with zero attached hydrogens (tertiary/aromatic N) is 4. The number of hydrogen-bond donors (Lipinski definition) is 0. The summed E-state index contributed by atoms with van der Waals surface area (Å²) in [5, 5.41) is 1.79. The van der Waals surface area contributed by atoms with Gasteiger partial charge in [-0.3, -0.25) is 0 Å². The maximum atomic E-state index is 9.71. The molecule has 7 aromatic carbocycles. The van der Waals surface area contributed by atoms with Crippen LogP contribution in [0.5, 0.6) is 0 Å². The predicted molar refractivity (Wildman–Crippen MR) is 237 cm³/mol. The van der Waals surface area contributed by atoms with Gasteiger partial charge in [-0.25, -0.2) is 4.98 Å². The van der Waals surface area contributed by atoms with Gasteiger partial charge in [0.25, 0.3) is 0 Å². The third kappa shape index (κ3) is 6.72. The molecule has 9 aromatic rings. The average molecular weight is 944 g/mol. The Balaban J connectivity index is 0.00000656. The predicted octanol–water partition coefficient (Wildman–Crippen LogP) is 13.4. The van der Waals surface area contributed by atoms with Crippen LogP contribution in [0.15, 0.2) is 176 Å². The van der Waals surface area contributed by atoms with Crippen LogP contribution < -0.4 is 9.80 Å². The van der Waals surface area contributed by atoms with Gasteiger partial charge in [0.2, 0.25) is 0 Å². The van der Waals surface area contributed by atoms with Gasteiger partial charge in [-0.05, 0) is 64.2 Å². The molecule has 0 saturated heterocycles. The molecule has 0 bridgehead atoms. The average Bonchev–Trinajstić information content (AvgIpc) is 3.92. The van der Waals surface area contributed by atoms with Crippen molar-refractivity contribution in [2.24, 2.45) is 0 Å². The maximum Gasteiger partial charge on any atom is 0.135 e. The van der Waals surface area contributed by atoms with Crippen molar-refractivity contribution >= 4 is 44.6 Å². The van der Waals surface area contributed by atoms with Gasteiger partial charge in [0, 0.05) is 63.7 Å². The molecule has 4 nitrogen and oxygen atoms in total. The molecule has 0 saturated carbocycles. The zero-order chi connectivity index (χ0) is 51.6. The van der Waals surface area contributed by atoms with Crippen molar-refractivity contribution in [1.82, 2.24) is 9.55 Å². The zero-order valence-electron chi connectivity index (χ0n) is 46.4. The van der Waals surface area contributed by atoms with E-state index in [1.165, 1.54) is 11.6 Å². The number of aromatic nitrogens is 2. The molecule has 10 rings (SSSR count). The second kappa shape index (κ2) is 15.3. The molecule has 3 heterocycles. The monoisotopic (exact) mass is 943 g/mol. The van der Waals surface area contributed by atoms with Crippen LogP contribution in [-0.2, 0) is 32.9 Å². The van der Waals surface area contributed by atoms with Crippen LogP contribution in [0.1, 0.15) is 58.0 Å². The van der Waals surface area contributed by atoms with Crippen LogP contribution in [0.3, 0.4) is 0 Å². The smallest absolute Gasteiger partial charge is 0.135 e. The van der Waals surface area contributed by atoms with Crippen molar-refractivity contribution in [2.75, 3.05) is 9.80 Å². The number of rotatable bonds is 7. The molecular weight excluding hydrogens is 888 g/mol. The molecule has 0 fully saturated rings. The van der Waals surface area contributed by atoms with E-state index in [1.54, 1.807) is 59.6 Å². The van der Waals surface area contributed by atoms with Crippen molar-refractivity contribution in [1.29, 1.82) is 0 Å². The summed E-state index contributed by atoms with van der Waals surface area (Å²) in [5.74, 6) is 0.654. The van der Waals surface area contributed by atoms with E-state index in [-0.39, 0.29) is 43.3 Å². The van der Waals surface area contributed by atoms with Gasteiger partial charge in [-0.15, -0.1) is 17.7 Å². The summed E-state index contributed by atoms with van der Waals surface area (Å²) in [5.41, 5.74) is 1.60. The van der Waals surface area contributed by atoms with Gasteiger partial charge >= 0.3 is 0 Å². The molecule has 0 radical (unpaired) electrons. The minimum absolute atomic E-state index is 0. The number of benzene rings is 7. The summed E-state index contributed by atoms with van der Waals surface area (Å²) in [6.45, 7) is 7.85. The quantitative estimate of drug-likeness (QED) is 0.149. The number of para-hydroxylation sites is 4. The van der Waals surface area contributed by atoms with E-state index in [2.05, 4.69) is 32.9 Å². The Morgan fingerprint density at radius 2 is 1.31 bits per heavy atom. The van der Waals surface area contributed by atoms with Gasteiger partial charge < -0.3 is 14.4 Å². The van der Waals surface area contributed by atoms with Crippen LogP contribution in [-0.4, -0.2) is 9.55 Å². The van der Waals surface area contributed by atoms with E-state index in [1.807, 2.05) is 47.0 Å². The molecular formula is C53H41N4Pt-3. The van der Waals surface area contributed by atoms with Crippen molar-refractivity contribution < 1.29 is 41.6 Å². The molecule has 0 amide bonds. The first-order valence-corrected chi connectivity index (χ1v) is 18.3. The van der Waals surface area contributed by atoms with E-state index in [0.717, 1.165) is 21.9 Å². The minimum Gasteiger partial charge on any atom is -0.493 e. The Kier molecular flexibility index (Phi) is 6.29. The molecule has 0 atom stereocenters. The van der Waals surface area contributed by atoms with Crippen molar-refractivity contribution in [3.05, 3.63) is 211 Å². The number of fused-ring (bicyclic) bond motifs is 4. The fourth-order valence-electron chi connectivity index (χ4n) is 7.26. The Labute approximate surface area is 376 Å². The third-order valence-corrected chi connectivity index (χ3v) is 9.95. The van der Waals surface area contributed by atoms with Crippen LogP contribution >= 0.6 is 0 Å². The first-order chi connectivity index (χ1) is 34.1. The van der Waals surface area contributed by atoms with Crippen LogP contribution in [0, 0.1) is 18.8 Å². The molecule has 0 N–H and O–H groups in total. The van der Waals surface area contributed by atoms with Crippen LogP contribution in [0.2, 0.25) is 0 Å². The first-order valence-electron chi connectivity index (χ1n) is 25.8. The molecule has 0 aliphatic carbocycles. The molecule has 2 aromatic heterocycles. The van der Waals surface area contributed by atoms with E-state index >= 15 is 0 Å². The standard InChI is InChI=1S/C53H41N4.Pt/c1-53(2,3)41-30-31-54-51(35-41)57-47-25-11-10-22-45(47)46-29-28-38(34-50(46)57)32-37-16-14-21-42(33-37)55-36-56(49-27-13-12-26-48(49)55)52-43(39-17-6-4-7-18-39)23-15-24-44(52)40-19-8-5-9-20-40;/h4-31,35-36H,32H2,1-3H3;/q-3;/i4D,5D,6D,7D,8D,9D,15D,17D,18D,19D,20D,23D,24D,32D2;. The topological polar surface area (TPSA) is 24.3 Å². The Morgan fingerprint density at radius 3 is 2.02 bits per heavy atom. The Morgan fingerprint density at radius 1 is 0.655 bits per heavy atom. The second-order valence-electron chi connectivity index (χ2n) is 14.5. The van der Waals surface area contributed by atoms with E-state index in [4.69, 9.17) is 20.1 Å². The molecule has 0 spiro atoms.